The number of benzene rings is 1. The van der Waals surface area contributed by atoms with Gasteiger partial charge in [-0.1, -0.05) is 47.3 Å². The molecule has 1 fully saturated rings. The number of anilines is 1. The highest BCUT2D eigenvalue weighted by Crippen LogP contribution is 2.35. The predicted octanol–water partition coefficient (Wildman–Crippen LogP) is 4.83. The molecule has 0 amide bonds. The van der Waals surface area contributed by atoms with Crippen molar-refractivity contribution in [1.29, 1.82) is 0 Å². The molecule has 1 aliphatic carbocycles. The van der Waals surface area contributed by atoms with E-state index in [0.717, 1.165) is 17.4 Å². The number of nitrogens with zero attached hydrogens (tertiary/aromatic N) is 2. The minimum Gasteiger partial charge on any atom is -0.358 e. The highest BCUT2D eigenvalue weighted by molar-refractivity contribution is 9.09. The first-order valence-electron chi connectivity index (χ1n) is 7.07. The van der Waals surface area contributed by atoms with Gasteiger partial charge >= 0.3 is 0 Å². The van der Waals surface area contributed by atoms with Crippen LogP contribution in [-0.2, 0) is 0 Å². The number of aromatic nitrogens is 1. The summed E-state index contributed by atoms with van der Waals surface area (Å²) in [5, 5.41) is 3.70. The predicted molar refractivity (Wildman–Crippen MR) is 87.6 cm³/mol. The maximum Gasteiger partial charge on any atom is 0.120 e. The third kappa shape index (κ3) is 2.79. The van der Waals surface area contributed by atoms with Crippen molar-refractivity contribution in [3.8, 4) is 0 Å². The summed E-state index contributed by atoms with van der Waals surface area (Å²) in [6.07, 6.45) is 6.82. The zero-order valence-electron chi connectivity index (χ0n) is 11.0. The maximum absolute atomic E-state index is 4.60. The second-order valence-corrected chi connectivity index (χ2v) is 6.72. The summed E-state index contributed by atoms with van der Waals surface area (Å²) in [5.74, 6) is 0. The molecule has 0 saturated heterocycles. The van der Waals surface area contributed by atoms with Crippen molar-refractivity contribution in [1.82, 2.24) is 4.37 Å². The van der Waals surface area contributed by atoms with Crippen molar-refractivity contribution in [2.75, 3.05) is 16.8 Å². The van der Waals surface area contributed by atoms with Crippen molar-refractivity contribution in [3.63, 3.8) is 0 Å². The second-order valence-electron chi connectivity index (χ2n) is 5.18. The number of rotatable bonds is 4. The standard InChI is InChI=1S/C15H19BrN2S/c16-10-11-18(12-6-2-1-3-7-12)15-13-8-4-5-9-14(13)17-19-15/h4-5,8-9,12H,1-3,6-7,10-11H2. The van der Waals surface area contributed by atoms with Gasteiger partial charge in [-0.05, 0) is 36.5 Å². The van der Waals surface area contributed by atoms with E-state index in [9.17, 15) is 0 Å². The van der Waals surface area contributed by atoms with Gasteiger partial charge in [0, 0.05) is 23.3 Å². The summed E-state index contributed by atoms with van der Waals surface area (Å²) < 4.78 is 4.60. The first-order chi connectivity index (χ1) is 9.40. The number of fused-ring (bicyclic) bond motifs is 1. The Morgan fingerprint density at radius 3 is 2.79 bits per heavy atom. The zero-order chi connectivity index (χ0) is 13.1. The van der Waals surface area contributed by atoms with Crippen LogP contribution in [0, 0.1) is 0 Å². The van der Waals surface area contributed by atoms with E-state index in [1.165, 1.54) is 42.5 Å². The van der Waals surface area contributed by atoms with Gasteiger partial charge in [0.2, 0.25) is 0 Å². The molecule has 0 bridgehead atoms. The molecule has 102 valence electrons. The highest BCUT2D eigenvalue weighted by atomic mass is 79.9. The molecule has 0 N–H and O–H groups in total. The molecule has 0 atom stereocenters. The Bertz CT molecular complexity index is 534. The van der Waals surface area contributed by atoms with Crippen LogP contribution >= 0.6 is 27.5 Å². The third-order valence-electron chi connectivity index (χ3n) is 3.97. The number of hydrogen-bond donors (Lipinski definition) is 0. The van der Waals surface area contributed by atoms with Gasteiger partial charge in [0.15, 0.2) is 0 Å². The molecule has 1 heterocycles. The molecular weight excluding hydrogens is 320 g/mol. The van der Waals surface area contributed by atoms with E-state index in [0.29, 0.717) is 6.04 Å². The van der Waals surface area contributed by atoms with Crippen molar-refractivity contribution in [2.24, 2.45) is 0 Å². The Hall–Kier alpha value is -0.610. The lowest BCUT2D eigenvalue weighted by molar-refractivity contribution is 0.420. The Kier molecular flexibility index (Phi) is 4.38. The average molecular weight is 339 g/mol. The van der Waals surface area contributed by atoms with Crippen LogP contribution in [0.15, 0.2) is 24.3 Å². The molecule has 19 heavy (non-hydrogen) atoms. The van der Waals surface area contributed by atoms with Gasteiger partial charge in [0.05, 0.1) is 5.52 Å². The summed E-state index contributed by atoms with van der Waals surface area (Å²) in [4.78, 5) is 2.59. The fraction of sp³-hybridized carbons (Fsp3) is 0.533. The molecule has 0 aliphatic heterocycles. The second kappa shape index (κ2) is 6.23. The van der Waals surface area contributed by atoms with Gasteiger partial charge in [0.25, 0.3) is 0 Å². The lowest BCUT2D eigenvalue weighted by atomic mass is 9.94. The molecule has 1 aromatic carbocycles. The molecule has 0 spiro atoms. The van der Waals surface area contributed by atoms with E-state index in [4.69, 9.17) is 0 Å². The average Bonchev–Trinajstić information content (AvgIpc) is 2.89. The monoisotopic (exact) mass is 338 g/mol. The lowest BCUT2D eigenvalue weighted by Gasteiger charge is -2.34. The molecule has 2 nitrogen and oxygen atoms in total. The quantitative estimate of drug-likeness (QED) is 0.742. The largest absolute Gasteiger partial charge is 0.358 e. The van der Waals surface area contributed by atoms with Gasteiger partial charge in [-0.2, -0.15) is 4.37 Å². The minimum absolute atomic E-state index is 0.704. The van der Waals surface area contributed by atoms with Gasteiger partial charge in [-0.3, -0.25) is 0 Å². The SMILES string of the molecule is BrCCN(c1snc2ccccc12)C1CCCCC1. The number of halogens is 1. The van der Waals surface area contributed by atoms with Crippen LogP contribution in [0.1, 0.15) is 32.1 Å². The number of hydrogen-bond acceptors (Lipinski definition) is 3. The van der Waals surface area contributed by atoms with Crippen LogP contribution in [0.5, 0.6) is 0 Å². The van der Waals surface area contributed by atoms with Crippen molar-refractivity contribution < 1.29 is 0 Å². The third-order valence-corrected chi connectivity index (χ3v) is 5.24. The lowest BCUT2D eigenvalue weighted by Crippen LogP contribution is -2.37. The van der Waals surface area contributed by atoms with Crippen LogP contribution in [0.4, 0.5) is 5.00 Å². The van der Waals surface area contributed by atoms with Gasteiger partial charge in [0.1, 0.15) is 5.00 Å². The summed E-state index contributed by atoms with van der Waals surface area (Å²) in [6, 6.07) is 9.21. The minimum atomic E-state index is 0.704. The van der Waals surface area contributed by atoms with Crippen LogP contribution < -0.4 is 4.90 Å². The fourth-order valence-electron chi connectivity index (χ4n) is 3.02. The molecule has 0 radical (unpaired) electrons. The molecule has 1 saturated carbocycles. The summed E-state index contributed by atoms with van der Waals surface area (Å²) in [5.41, 5.74) is 1.14. The van der Waals surface area contributed by atoms with Crippen LogP contribution in [-0.4, -0.2) is 22.3 Å². The molecule has 2 aromatic rings. The fourth-order valence-corrected chi connectivity index (χ4v) is 4.36. The Balaban J connectivity index is 1.94. The highest BCUT2D eigenvalue weighted by Gasteiger charge is 2.23. The molecule has 3 rings (SSSR count). The maximum atomic E-state index is 4.60. The van der Waals surface area contributed by atoms with Gasteiger partial charge in [-0.25, -0.2) is 0 Å². The first-order valence-corrected chi connectivity index (χ1v) is 8.96. The van der Waals surface area contributed by atoms with Crippen LogP contribution in [0.3, 0.4) is 0 Å². The molecule has 1 aliphatic rings. The van der Waals surface area contributed by atoms with Crippen LogP contribution in [0.2, 0.25) is 0 Å². The normalized spacial score (nSPS) is 16.9. The Morgan fingerprint density at radius 1 is 1.21 bits per heavy atom. The van der Waals surface area contributed by atoms with E-state index in [2.05, 4.69) is 49.5 Å². The first kappa shape index (κ1) is 13.4. The van der Waals surface area contributed by atoms with Crippen molar-refractivity contribution in [3.05, 3.63) is 24.3 Å². The summed E-state index contributed by atoms with van der Waals surface area (Å²) in [7, 11) is 0. The van der Waals surface area contributed by atoms with Crippen molar-refractivity contribution >= 4 is 43.4 Å². The van der Waals surface area contributed by atoms with E-state index < -0.39 is 0 Å². The van der Waals surface area contributed by atoms with Gasteiger partial charge < -0.3 is 4.90 Å². The van der Waals surface area contributed by atoms with E-state index in [1.54, 1.807) is 11.5 Å². The Morgan fingerprint density at radius 2 is 2.00 bits per heavy atom. The Labute approximate surface area is 127 Å². The van der Waals surface area contributed by atoms with Crippen molar-refractivity contribution in [2.45, 2.75) is 38.1 Å². The zero-order valence-corrected chi connectivity index (χ0v) is 13.4. The smallest absolute Gasteiger partial charge is 0.120 e. The molecular formula is C15H19BrN2S. The molecule has 0 unspecified atom stereocenters. The topological polar surface area (TPSA) is 16.1 Å². The van der Waals surface area contributed by atoms with Gasteiger partial charge in [-0.15, -0.1) is 0 Å². The van der Waals surface area contributed by atoms with E-state index >= 15 is 0 Å². The van der Waals surface area contributed by atoms with Crippen LogP contribution in [0.25, 0.3) is 10.9 Å². The summed E-state index contributed by atoms with van der Waals surface area (Å²) in [6.45, 7) is 1.08. The molecule has 1 aromatic heterocycles. The number of alkyl halides is 1. The van der Waals surface area contributed by atoms with E-state index in [-0.39, 0.29) is 0 Å². The molecule has 4 heteroatoms. The van der Waals surface area contributed by atoms with E-state index in [1.807, 2.05) is 0 Å². The summed E-state index contributed by atoms with van der Waals surface area (Å²) >= 11 is 5.27.